The number of rotatable bonds is 3. The molecule has 0 aliphatic carbocycles. The second-order valence-corrected chi connectivity index (χ2v) is 4.23. The number of halogens is 1. The minimum Gasteiger partial charge on any atom is -0.481 e. The van der Waals surface area contributed by atoms with E-state index >= 15 is 0 Å². The molecule has 0 saturated heterocycles. The van der Waals surface area contributed by atoms with Crippen LogP contribution in [0.1, 0.15) is 11.1 Å². The summed E-state index contributed by atoms with van der Waals surface area (Å²) in [6, 6.07) is 5.51. The summed E-state index contributed by atoms with van der Waals surface area (Å²) in [5, 5.41) is 13.4. The molecule has 0 aliphatic heterocycles. The fourth-order valence-electron chi connectivity index (χ4n) is 1.59. The summed E-state index contributed by atoms with van der Waals surface area (Å²) < 4.78 is 1.64. The first-order chi connectivity index (χ1) is 8.06. The molecule has 0 fully saturated rings. The summed E-state index contributed by atoms with van der Waals surface area (Å²) in [6.45, 7) is 1.95. The highest BCUT2D eigenvalue weighted by molar-refractivity contribution is 6.30. The molecule has 0 amide bonds. The molecule has 1 aromatic carbocycles. The number of hydrogen-bond acceptors (Lipinski definition) is 2. The summed E-state index contributed by atoms with van der Waals surface area (Å²) >= 11 is 5.92. The van der Waals surface area contributed by atoms with E-state index in [1.807, 2.05) is 19.1 Å². The van der Waals surface area contributed by atoms with E-state index in [-0.39, 0.29) is 6.42 Å². The average Bonchev–Trinajstić information content (AvgIpc) is 2.69. The van der Waals surface area contributed by atoms with Crippen LogP contribution in [0.15, 0.2) is 30.6 Å². The molecule has 0 atom stereocenters. The maximum absolute atomic E-state index is 10.6. The van der Waals surface area contributed by atoms with Crippen LogP contribution in [0.4, 0.5) is 0 Å². The Morgan fingerprint density at radius 3 is 3.00 bits per heavy atom. The first-order valence-electron chi connectivity index (χ1n) is 5.08. The van der Waals surface area contributed by atoms with E-state index in [9.17, 15) is 4.79 Å². The quantitative estimate of drug-likeness (QED) is 0.910. The van der Waals surface area contributed by atoms with Crippen molar-refractivity contribution < 1.29 is 9.90 Å². The van der Waals surface area contributed by atoms with Gasteiger partial charge < -0.3 is 5.11 Å². The summed E-state index contributed by atoms with van der Waals surface area (Å²) in [7, 11) is 0. The molecule has 88 valence electrons. The maximum atomic E-state index is 10.6. The van der Waals surface area contributed by atoms with Gasteiger partial charge >= 0.3 is 5.97 Å². The molecule has 0 unspecified atom stereocenters. The number of benzene rings is 1. The highest BCUT2D eigenvalue weighted by Gasteiger charge is 2.07. The van der Waals surface area contributed by atoms with E-state index < -0.39 is 5.97 Å². The van der Waals surface area contributed by atoms with Crippen LogP contribution in [0.3, 0.4) is 0 Å². The number of aliphatic carboxylic acids is 1. The zero-order valence-electron chi connectivity index (χ0n) is 9.22. The van der Waals surface area contributed by atoms with Crippen molar-refractivity contribution in [1.29, 1.82) is 0 Å². The number of carboxylic acid groups (broad SMARTS) is 1. The van der Waals surface area contributed by atoms with Crippen molar-refractivity contribution >= 4 is 17.6 Å². The molecule has 5 heteroatoms. The fourth-order valence-corrected chi connectivity index (χ4v) is 1.75. The Balaban J connectivity index is 2.36. The Morgan fingerprint density at radius 2 is 2.29 bits per heavy atom. The minimum absolute atomic E-state index is 0.0282. The van der Waals surface area contributed by atoms with E-state index in [1.165, 1.54) is 0 Å². The SMILES string of the molecule is Cc1ccc(Cl)cc1-n1cc(CC(=O)O)cn1. The van der Waals surface area contributed by atoms with Crippen molar-refractivity contribution in [1.82, 2.24) is 9.78 Å². The van der Waals surface area contributed by atoms with Gasteiger partial charge in [-0.15, -0.1) is 0 Å². The van der Waals surface area contributed by atoms with E-state index in [1.54, 1.807) is 23.1 Å². The van der Waals surface area contributed by atoms with Crippen molar-refractivity contribution in [3.63, 3.8) is 0 Å². The van der Waals surface area contributed by atoms with E-state index in [2.05, 4.69) is 5.10 Å². The zero-order chi connectivity index (χ0) is 12.4. The van der Waals surface area contributed by atoms with Gasteiger partial charge in [0, 0.05) is 16.8 Å². The number of carbonyl (C=O) groups is 1. The number of nitrogens with zero attached hydrogens (tertiary/aromatic N) is 2. The number of hydrogen-bond donors (Lipinski definition) is 1. The predicted octanol–water partition coefficient (Wildman–Crippen LogP) is 2.46. The van der Waals surface area contributed by atoms with Crippen LogP contribution in [0.2, 0.25) is 5.02 Å². The van der Waals surface area contributed by atoms with Crippen LogP contribution >= 0.6 is 11.6 Å². The number of aryl methyl sites for hydroxylation is 1. The lowest BCUT2D eigenvalue weighted by atomic mass is 10.2. The molecule has 4 nitrogen and oxygen atoms in total. The summed E-state index contributed by atoms with van der Waals surface area (Å²) in [6.07, 6.45) is 3.22. The van der Waals surface area contributed by atoms with Crippen molar-refractivity contribution in [2.45, 2.75) is 13.3 Å². The second kappa shape index (κ2) is 4.59. The molecule has 0 bridgehead atoms. The largest absolute Gasteiger partial charge is 0.481 e. The molecule has 17 heavy (non-hydrogen) atoms. The standard InChI is InChI=1S/C12H11ClN2O2/c1-8-2-3-10(13)5-11(8)15-7-9(6-14-15)4-12(16)17/h2-3,5-7H,4H2,1H3,(H,16,17). The van der Waals surface area contributed by atoms with Gasteiger partial charge in [0.1, 0.15) is 0 Å². The molecule has 1 N–H and O–H groups in total. The number of carboxylic acids is 1. The highest BCUT2D eigenvalue weighted by Crippen LogP contribution is 2.19. The topological polar surface area (TPSA) is 55.1 Å². The molecule has 1 aromatic heterocycles. The molecule has 2 aromatic rings. The van der Waals surface area contributed by atoms with Crippen LogP contribution in [0.25, 0.3) is 5.69 Å². The van der Waals surface area contributed by atoms with Gasteiger partial charge in [-0.25, -0.2) is 4.68 Å². The first-order valence-corrected chi connectivity index (χ1v) is 5.46. The van der Waals surface area contributed by atoms with E-state index in [0.29, 0.717) is 10.6 Å². The van der Waals surface area contributed by atoms with Crippen molar-refractivity contribution in [3.05, 3.63) is 46.7 Å². The lowest BCUT2D eigenvalue weighted by Gasteiger charge is -2.05. The normalized spacial score (nSPS) is 10.5. The van der Waals surface area contributed by atoms with Crippen molar-refractivity contribution in [2.75, 3.05) is 0 Å². The van der Waals surface area contributed by atoms with Crippen LogP contribution in [-0.4, -0.2) is 20.9 Å². The average molecular weight is 251 g/mol. The lowest BCUT2D eigenvalue weighted by molar-refractivity contribution is -0.136. The molecular formula is C12H11ClN2O2. The monoisotopic (exact) mass is 250 g/mol. The zero-order valence-corrected chi connectivity index (χ0v) is 9.98. The highest BCUT2D eigenvalue weighted by atomic mass is 35.5. The van der Waals surface area contributed by atoms with Gasteiger partial charge in [-0.1, -0.05) is 17.7 Å². The maximum Gasteiger partial charge on any atom is 0.307 e. The molecule has 0 saturated carbocycles. The Morgan fingerprint density at radius 1 is 1.53 bits per heavy atom. The molecule has 0 aliphatic rings. The molecule has 0 radical (unpaired) electrons. The summed E-state index contributed by atoms with van der Waals surface area (Å²) in [5.74, 6) is -0.868. The third-order valence-electron chi connectivity index (χ3n) is 2.41. The van der Waals surface area contributed by atoms with Crippen molar-refractivity contribution in [2.24, 2.45) is 0 Å². The van der Waals surface area contributed by atoms with Crippen LogP contribution in [0, 0.1) is 6.92 Å². The molecule has 1 heterocycles. The minimum atomic E-state index is -0.868. The van der Waals surface area contributed by atoms with Gasteiger partial charge in [-0.05, 0) is 24.6 Å². The van der Waals surface area contributed by atoms with Crippen LogP contribution < -0.4 is 0 Å². The molecule has 0 spiro atoms. The van der Waals surface area contributed by atoms with Gasteiger partial charge in [0.2, 0.25) is 0 Å². The summed E-state index contributed by atoms with van der Waals surface area (Å²) in [4.78, 5) is 10.6. The van der Waals surface area contributed by atoms with Gasteiger partial charge in [0.25, 0.3) is 0 Å². The van der Waals surface area contributed by atoms with Gasteiger partial charge in [-0.3, -0.25) is 4.79 Å². The molecular weight excluding hydrogens is 240 g/mol. The summed E-state index contributed by atoms with van der Waals surface area (Å²) in [5.41, 5.74) is 2.55. The smallest absolute Gasteiger partial charge is 0.307 e. The number of aromatic nitrogens is 2. The fraction of sp³-hybridized carbons (Fsp3) is 0.167. The Kier molecular flexibility index (Phi) is 3.15. The van der Waals surface area contributed by atoms with Gasteiger partial charge in [0.15, 0.2) is 0 Å². The third-order valence-corrected chi connectivity index (χ3v) is 2.64. The Hall–Kier alpha value is -1.81. The van der Waals surface area contributed by atoms with E-state index in [4.69, 9.17) is 16.7 Å². The lowest BCUT2D eigenvalue weighted by Crippen LogP contribution is -1.99. The Bertz CT molecular complexity index is 563. The first kappa shape index (κ1) is 11.7. The Labute approximate surface area is 103 Å². The molecule has 2 rings (SSSR count). The van der Waals surface area contributed by atoms with E-state index in [0.717, 1.165) is 11.3 Å². The van der Waals surface area contributed by atoms with Crippen LogP contribution in [-0.2, 0) is 11.2 Å². The third kappa shape index (κ3) is 2.65. The van der Waals surface area contributed by atoms with Gasteiger partial charge in [-0.2, -0.15) is 5.10 Å². The van der Waals surface area contributed by atoms with Gasteiger partial charge in [0.05, 0.1) is 18.3 Å². The van der Waals surface area contributed by atoms with Crippen LogP contribution in [0.5, 0.6) is 0 Å². The predicted molar refractivity (Wildman–Crippen MR) is 64.7 cm³/mol. The second-order valence-electron chi connectivity index (χ2n) is 3.79. The van der Waals surface area contributed by atoms with Crippen molar-refractivity contribution in [3.8, 4) is 5.69 Å².